The van der Waals surface area contributed by atoms with E-state index >= 15 is 0 Å². The quantitative estimate of drug-likeness (QED) is 0.420. The van der Waals surface area contributed by atoms with Crippen molar-refractivity contribution in [2.45, 2.75) is 6.92 Å². The van der Waals surface area contributed by atoms with Crippen LogP contribution in [0.5, 0.6) is 0 Å². The Labute approximate surface area is 67.6 Å². The molecule has 3 N–H and O–H groups in total. The van der Waals surface area contributed by atoms with Gasteiger partial charge in [-0.3, -0.25) is 0 Å². The molecule has 0 saturated carbocycles. The summed E-state index contributed by atoms with van der Waals surface area (Å²) < 4.78 is 1.49. The number of hydrazine groups is 1. The number of fused-ring (bicyclic) bond motifs is 1. The maximum absolute atomic E-state index is 5.27. The molecule has 2 aromatic rings. The van der Waals surface area contributed by atoms with Crippen LogP contribution in [0.2, 0.25) is 0 Å². The Balaban J connectivity index is 2.83. The lowest BCUT2D eigenvalue weighted by molar-refractivity contribution is 0.861. The number of hydrogen-bond donors (Lipinski definition) is 2. The monoisotopic (exact) mass is 165 g/mol. The Kier molecular flexibility index (Phi) is 1.37. The summed E-state index contributed by atoms with van der Waals surface area (Å²) in [6, 6.07) is 0. The standard InChI is InChI=1S/C5H7N7/c1-3-4(9-6)12-5(11-10-3)7-2-8-12/h2,9H,6H2,1H3. The zero-order valence-corrected chi connectivity index (χ0v) is 6.39. The molecular weight excluding hydrogens is 158 g/mol. The Hall–Kier alpha value is -1.76. The first-order chi connectivity index (χ1) is 5.83. The molecule has 2 rings (SSSR count). The zero-order chi connectivity index (χ0) is 8.55. The SMILES string of the molecule is Cc1nnc2ncnn2c1NN. The molecule has 0 saturated heterocycles. The highest BCUT2D eigenvalue weighted by molar-refractivity contribution is 5.43. The van der Waals surface area contributed by atoms with E-state index < -0.39 is 0 Å². The summed E-state index contributed by atoms with van der Waals surface area (Å²) in [6.07, 6.45) is 1.39. The molecule has 0 unspecified atom stereocenters. The van der Waals surface area contributed by atoms with E-state index in [4.69, 9.17) is 5.84 Å². The van der Waals surface area contributed by atoms with Crippen LogP contribution in [0.15, 0.2) is 6.33 Å². The third-order valence-electron chi connectivity index (χ3n) is 1.51. The molecule has 2 aromatic heterocycles. The third kappa shape index (κ3) is 0.800. The fraction of sp³-hybridized carbons (Fsp3) is 0.200. The van der Waals surface area contributed by atoms with Crippen LogP contribution in [-0.2, 0) is 0 Å². The Morgan fingerprint density at radius 1 is 1.50 bits per heavy atom. The summed E-state index contributed by atoms with van der Waals surface area (Å²) in [5, 5.41) is 11.5. The molecule has 0 aliphatic heterocycles. The van der Waals surface area contributed by atoms with Gasteiger partial charge in [0.05, 0.1) is 0 Å². The Morgan fingerprint density at radius 2 is 2.33 bits per heavy atom. The van der Waals surface area contributed by atoms with Crippen molar-refractivity contribution in [3.63, 3.8) is 0 Å². The van der Waals surface area contributed by atoms with Crippen molar-refractivity contribution in [2.24, 2.45) is 5.84 Å². The highest BCUT2D eigenvalue weighted by Crippen LogP contribution is 2.08. The van der Waals surface area contributed by atoms with Crippen LogP contribution in [0.3, 0.4) is 0 Å². The molecule has 0 atom stereocenters. The van der Waals surface area contributed by atoms with E-state index in [-0.39, 0.29) is 0 Å². The summed E-state index contributed by atoms with van der Waals surface area (Å²) in [5.74, 6) is 6.29. The lowest BCUT2D eigenvalue weighted by Gasteiger charge is -2.02. The molecule has 0 aliphatic carbocycles. The average molecular weight is 165 g/mol. The van der Waals surface area contributed by atoms with Gasteiger partial charge in [-0.25, -0.2) is 5.84 Å². The van der Waals surface area contributed by atoms with E-state index in [0.717, 1.165) is 0 Å². The summed E-state index contributed by atoms with van der Waals surface area (Å²) >= 11 is 0. The smallest absolute Gasteiger partial charge is 0.273 e. The second-order valence-corrected chi connectivity index (χ2v) is 2.25. The van der Waals surface area contributed by atoms with Gasteiger partial charge in [-0.05, 0) is 6.92 Å². The predicted octanol–water partition coefficient (Wildman–Crippen LogP) is -0.887. The molecule has 0 amide bonds. The van der Waals surface area contributed by atoms with E-state index in [9.17, 15) is 0 Å². The van der Waals surface area contributed by atoms with Crippen molar-refractivity contribution < 1.29 is 0 Å². The van der Waals surface area contributed by atoms with Gasteiger partial charge in [0.25, 0.3) is 5.78 Å². The van der Waals surface area contributed by atoms with E-state index in [1.165, 1.54) is 10.8 Å². The van der Waals surface area contributed by atoms with Gasteiger partial charge in [0, 0.05) is 0 Å². The van der Waals surface area contributed by atoms with Crippen LogP contribution in [0.4, 0.5) is 5.82 Å². The summed E-state index contributed by atoms with van der Waals surface area (Å²) in [6.45, 7) is 1.78. The van der Waals surface area contributed by atoms with Crippen molar-refractivity contribution in [3.8, 4) is 0 Å². The number of nitrogen functional groups attached to an aromatic ring is 1. The molecular formula is C5H7N7. The topological polar surface area (TPSA) is 94.0 Å². The minimum absolute atomic E-state index is 0.425. The summed E-state index contributed by atoms with van der Waals surface area (Å²) in [4.78, 5) is 3.85. The molecule has 0 aromatic carbocycles. The van der Waals surface area contributed by atoms with Crippen LogP contribution < -0.4 is 11.3 Å². The molecule has 0 radical (unpaired) electrons. The van der Waals surface area contributed by atoms with Gasteiger partial charge in [-0.1, -0.05) is 0 Å². The summed E-state index contributed by atoms with van der Waals surface area (Å²) in [7, 11) is 0. The van der Waals surface area contributed by atoms with Crippen LogP contribution in [0.25, 0.3) is 5.78 Å². The van der Waals surface area contributed by atoms with Crippen molar-refractivity contribution in [1.82, 2.24) is 24.8 Å². The maximum Gasteiger partial charge on any atom is 0.273 e. The Morgan fingerprint density at radius 3 is 3.08 bits per heavy atom. The van der Waals surface area contributed by atoms with E-state index in [2.05, 4.69) is 25.7 Å². The zero-order valence-electron chi connectivity index (χ0n) is 6.39. The molecule has 0 aliphatic rings. The van der Waals surface area contributed by atoms with Crippen molar-refractivity contribution >= 4 is 11.6 Å². The number of rotatable bonds is 1. The lowest BCUT2D eigenvalue weighted by Crippen LogP contribution is -2.14. The second kappa shape index (κ2) is 2.38. The number of nitrogens with one attached hydrogen (secondary N) is 1. The van der Waals surface area contributed by atoms with Gasteiger partial charge in [0.15, 0.2) is 5.82 Å². The third-order valence-corrected chi connectivity index (χ3v) is 1.51. The van der Waals surface area contributed by atoms with Crippen molar-refractivity contribution in [3.05, 3.63) is 12.0 Å². The van der Waals surface area contributed by atoms with Crippen LogP contribution in [0, 0.1) is 6.92 Å². The number of nitrogens with two attached hydrogens (primary N) is 1. The molecule has 62 valence electrons. The fourth-order valence-electron chi connectivity index (χ4n) is 0.947. The van der Waals surface area contributed by atoms with Crippen LogP contribution in [0.1, 0.15) is 5.69 Å². The first-order valence-electron chi connectivity index (χ1n) is 3.32. The molecule has 0 spiro atoms. The highest BCUT2D eigenvalue weighted by atomic mass is 15.4. The predicted molar refractivity (Wildman–Crippen MR) is 41.1 cm³/mol. The van der Waals surface area contributed by atoms with Crippen molar-refractivity contribution in [1.29, 1.82) is 0 Å². The summed E-state index contributed by atoms with van der Waals surface area (Å²) in [5.41, 5.74) is 3.16. The average Bonchev–Trinajstić information content (AvgIpc) is 2.52. The van der Waals surface area contributed by atoms with Gasteiger partial charge in [0.1, 0.15) is 12.0 Å². The molecule has 0 bridgehead atoms. The normalized spacial score (nSPS) is 10.5. The molecule has 7 nitrogen and oxygen atoms in total. The number of aromatic nitrogens is 5. The first kappa shape index (κ1) is 6.92. The highest BCUT2D eigenvalue weighted by Gasteiger charge is 2.05. The van der Waals surface area contributed by atoms with Crippen LogP contribution in [-0.4, -0.2) is 24.8 Å². The van der Waals surface area contributed by atoms with E-state index in [0.29, 0.717) is 17.3 Å². The lowest BCUT2D eigenvalue weighted by atomic mass is 10.5. The first-order valence-corrected chi connectivity index (χ1v) is 3.32. The number of aryl methyl sites for hydroxylation is 1. The number of nitrogens with zero attached hydrogens (tertiary/aromatic N) is 5. The molecule has 12 heavy (non-hydrogen) atoms. The van der Waals surface area contributed by atoms with E-state index in [1.54, 1.807) is 6.92 Å². The largest absolute Gasteiger partial charge is 0.307 e. The molecule has 2 heterocycles. The number of hydrogen-bond acceptors (Lipinski definition) is 6. The van der Waals surface area contributed by atoms with Gasteiger partial charge in [0.2, 0.25) is 0 Å². The number of anilines is 1. The van der Waals surface area contributed by atoms with Crippen LogP contribution >= 0.6 is 0 Å². The maximum atomic E-state index is 5.27. The van der Waals surface area contributed by atoms with Gasteiger partial charge in [-0.2, -0.15) is 14.6 Å². The van der Waals surface area contributed by atoms with Gasteiger partial charge >= 0.3 is 0 Å². The fourth-order valence-corrected chi connectivity index (χ4v) is 0.947. The second-order valence-electron chi connectivity index (χ2n) is 2.25. The van der Waals surface area contributed by atoms with Gasteiger partial charge in [-0.15, -0.1) is 10.2 Å². The Bertz CT molecular complexity index is 405. The molecule has 0 fully saturated rings. The molecule has 7 heteroatoms. The minimum Gasteiger partial charge on any atom is -0.307 e. The minimum atomic E-state index is 0.425. The van der Waals surface area contributed by atoms with E-state index in [1.807, 2.05) is 0 Å². The van der Waals surface area contributed by atoms with Gasteiger partial charge < -0.3 is 5.43 Å². The van der Waals surface area contributed by atoms with Crippen molar-refractivity contribution in [2.75, 3.05) is 5.43 Å².